The summed E-state index contributed by atoms with van der Waals surface area (Å²) >= 11 is 0. The van der Waals surface area contributed by atoms with Crippen molar-refractivity contribution in [2.45, 2.75) is 19.4 Å². The highest BCUT2D eigenvalue weighted by atomic mass is 19.1. The molecule has 1 aliphatic heterocycles. The Morgan fingerprint density at radius 3 is 2.97 bits per heavy atom. The third kappa shape index (κ3) is 3.84. The molecule has 0 radical (unpaired) electrons. The molecule has 9 heteroatoms. The number of para-hydroxylation sites is 1. The van der Waals surface area contributed by atoms with Gasteiger partial charge in [0.1, 0.15) is 5.82 Å². The normalized spacial score (nSPS) is 13.2. The first-order chi connectivity index (χ1) is 15.6. The molecule has 1 amide bonds. The summed E-state index contributed by atoms with van der Waals surface area (Å²) in [6.07, 6.45) is 4.65. The summed E-state index contributed by atoms with van der Waals surface area (Å²) in [7, 11) is 0. The lowest BCUT2D eigenvalue weighted by Crippen LogP contribution is -2.35. The molecule has 32 heavy (non-hydrogen) atoms. The number of benzene rings is 1. The van der Waals surface area contributed by atoms with E-state index in [-0.39, 0.29) is 12.4 Å². The van der Waals surface area contributed by atoms with Crippen LogP contribution < -0.4 is 4.74 Å². The molecule has 0 atom stereocenters. The number of fused-ring (bicyclic) bond motifs is 2. The number of carbonyl (C=O) groups is 1. The topological polar surface area (TPSA) is 104 Å². The molecular weight excluding hydrogens is 413 g/mol. The zero-order chi connectivity index (χ0) is 22.1. The van der Waals surface area contributed by atoms with Crippen LogP contribution in [0.15, 0.2) is 48.9 Å². The molecule has 8 nitrogen and oxygen atoms in total. The SMILES string of the molecule is O=C(O)N1CCc2c(nc(-c3cncc(F)c3)nc2OCCc2c[nH]c3ccccc23)C1. The summed E-state index contributed by atoms with van der Waals surface area (Å²) in [5, 5.41) is 10.5. The number of halogens is 1. The van der Waals surface area contributed by atoms with Crippen molar-refractivity contribution in [1.82, 2.24) is 24.8 Å². The average Bonchev–Trinajstić information content (AvgIpc) is 3.21. The van der Waals surface area contributed by atoms with Crippen molar-refractivity contribution in [2.24, 2.45) is 0 Å². The molecule has 0 spiro atoms. The summed E-state index contributed by atoms with van der Waals surface area (Å²) in [5.74, 6) is 0.155. The fourth-order valence-corrected chi connectivity index (χ4v) is 3.94. The van der Waals surface area contributed by atoms with Crippen LogP contribution in [0, 0.1) is 5.82 Å². The minimum Gasteiger partial charge on any atom is -0.477 e. The predicted molar refractivity (Wildman–Crippen MR) is 115 cm³/mol. The van der Waals surface area contributed by atoms with Crippen molar-refractivity contribution >= 4 is 17.0 Å². The van der Waals surface area contributed by atoms with Gasteiger partial charge < -0.3 is 19.7 Å². The number of hydrogen-bond donors (Lipinski definition) is 2. The Hall–Kier alpha value is -4.01. The van der Waals surface area contributed by atoms with E-state index in [0.29, 0.717) is 43.1 Å². The number of hydrogen-bond acceptors (Lipinski definition) is 5. The van der Waals surface area contributed by atoms with Crippen LogP contribution >= 0.6 is 0 Å². The van der Waals surface area contributed by atoms with E-state index in [1.54, 1.807) is 0 Å². The van der Waals surface area contributed by atoms with E-state index in [9.17, 15) is 14.3 Å². The van der Waals surface area contributed by atoms with E-state index in [1.165, 1.54) is 17.2 Å². The number of aromatic amines is 1. The third-order valence-corrected chi connectivity index (χ3v) is 5.55. The molecule has 0 saturated carbocycles. The van der Waals surface area contributed by atoms with E-state index in [2.05, 4.69) is 26.0 Å². The van der Waals surface area contributed by atoms with E-state index >= 15 is 0 Å². The van der Waals surface area contributed by atoms with Crippen molar-refractivity contribution in [1.29, 1.82) is 0 Å². The molecular formula is C23H20FN5O3. The number of nitrogens with zero attached hydrogens (tertiary/aromatic N) is 4. The standard InChI is InChI=1S/C23H20FN5O3/c24-16-9-15(10-25-12-16)21-27-20-13-29(23(30)31)7-5-18(20)22(28-21)32-8-6-14-11-26-19-4-2-1-3-17(14)19/h1-4,9-12,26H,5-8,13H2,(H,30,31). The van der Waals surface area contributed by atoms with Gasteiger partial charge in [0.15, 0.2) is 5.82 Å². The lowest BCUT2D eigenvalue weighted by Gasteiger charge is -2.27. The highest BCUT2D eigenvalue weighted by Crippen LogP contribution is 2.29. The first-order valence-electron chi connectivity index (χ1n) is 10.2. The monoisotopic (exact) mass is 433 g/mol. The molecule has 3 aromatic heterocycles. The Balaban J connectivity index is 1.44. The number of H-pyrrole nitrogens is 1. The third-order valence-electron chi connectivity index (χ3n) is 5.55. The number of aromatic nitrogens is 4. The maximum Gasteiger partial charge on any atom is 0.407 e. The largest absolute Gasteiger partial charge is 0.477 e. The first kappa shape index (κ1) is 19.9. The van der Waals surface area contributed by atoms with E-state index in [0.717, 1.165) is 28.2 Å². The summed E-state index contributed by atoms with van der Waals surface area (Å²) in [5.41, 5.74) is 3.96. The van der Waals surface area contributed by atoms with Gasteiger partial charge in [-0.25, -0.2) is 14.2 Å². The van der Waals surface area contributed by atoms with Gasteiger partial charge in [-0.1, -0.05) is 18.2 Å². The molecule has 5 rings (SSSR count). The molecule has 162 valence electrons. The average molecular weight is 433 g/mol. The molecule has 4 heterocycles. The zero-order valence-corrected chi connectivity index (χ0v) is 17.1. The number of amides is 1. The van der Waals surface area contributed by atoms with Gasteiger partial charge in [0.25, 0.3) is 0 Å². The van der Waals surface area contributed by atoms with E-state index < -0.39 is 11.9 Å². The summed E-state index contributed by atoms with van der Waals surface area (Å²) in [6, 6.07) is 9.35. The van der Waals surface area contributed by atoms with Crippen molar-refractivity contribution in [2.75, 3.05) is 13.2 Å². The van der Waals surface area contributed by atoms with Gasteiger partial charge in [0.2, 0.25) is 5.88 Å². The minimum absolute atomic E-state index is 0.127. The van der Waals surface area contributed by atoms with Gasteiger partial charge in [-0.05, 0) is 24.1 Å². The molecule has 4 aromatic rings. The second-order valence-corrected chi connectivity index (χ2v) is 7.58. The van der Waals surface area contributed by atoms with Crippen LogP contribution in [0.25, 0.3) is 22.3 Å². The highest BCUT2D eigenvalue weighted by molar-refractivity contribution is 5.83. The molecule has 2 N–H and O–H groups in total. The Bertz CT molecular complexity index is 1310. The van der Waals surface area contributed by atoms with E-state index in [4.69, 9.17) is 4.74 Å². The van der Waals surface area contributed by atoms with Gasteiger partial charge in [0.05, 0.1) is 25.0 Å². The Labute approximate surface area is 182 Å². The number of carboxylic acid groups (broad SMARTS) is 1. The summed E-state index contributed by atoms with van der Waals surface area (Å²) in [6.45, 7) is 0.849. The van der Waals surface area contributed by atoms with Crippen LogP contribution in [0.3, 0.4) is 0 Å². The number of nitrogens with one attached hydrogen (secondary N) is 1. The van der Waals surface area contributed by atoms with Crippen molar-refractivity contribution in [3.8, 4) is 17.3 Å². The number of rotatable bonds is 5. The predicted octanol–water partition coefficient (Wildman–Crippen LogP) is 3.82. The Morgan fingerprint density at radius 1 is 1.25 bits per heavy atom. The molecule has 1 aliphatic rings. The molecule has 1 aromatic carbocycles. The molecule has 0 bridgehead atoms. The minimum atomic E-state index is -1.01. The number of ether oxygens (including phenoxy) is 1. The Kier molecular flexibility index (Phi) is 5.14. The zero-order valence-electron chi connectivity index (χ0n) is 17.1. The van der Waals surface area contributed by atoms with Crippen molar-refractivity contribution in [3.63, 3.8) is 0 Å². The number of pyridine rings is 1. The molecule has 0 fully saturated rings. The van der Waals surface area contributed by atoms with Gasteiger partial charge in [-0.15, -0.1) is 0 Å². The summed E-state index contributed by atoms with van der Waals surface area (Å²) < 4.78 is 19.8. The second kappa shape index (κ2) is 8.26. The molecule has 0 aliphatic carbocycles. The van der Waals surface area contributed by atoms with Crippen LogP contribution in [0.1, 0.15) is 16.8 Å². The van der Waals surface area contributed by atoms with Crippen LogP contribution in [0.2, 0.25) is 0 Å². The molecule has 0 saturated heterocycles. The first-order valence-corrected chi connectivity index (χ1v) is 10.2. The van der Waals surface area contributed by atoms with Crippen molar-refractivity contribution in [3.05, 3.63) is 71.6 Å². The van der Waals surface area contributed by atoms with Gasteiger partial charge in [-0.2, -0.15) is 4.98 Å². The maximum atomic E-state index is 13.7. The van der Waals surface area contributed by atoms with Crippen LogP contribution in [-0.2, 0) is 19.4 Å². The maximum absolute atomic E-state index is 13.7. The van der Waals surface area contributed by atoms with Gasteiger partial charge >= 0.3 is 6.09 Å². The van der Waals surface area contributed by atoms with Crippen LogP contribution in [-0.4, -0.2) is 49.2 Å². The Morgan fingerprint density at radius 2 is 2.12 bits per heavy atom. The highest BCUT2D eigenvalue weighted by Gasteiger charge is 2.26. The van der Waals surface area contributed by atoms with Crippen molar-refractivity contribution < 1.29 is 19.0 Å². The van der Waals surface area contributed by atoms with Gasteiger partial charge in [0, 0.05) is 47.4 Å². The summed E-state index contributed by atoms with van der Waals surface area (Å²) in [4.78, 5) is 28.9. The van der Waals surface area contributed by atoms with Crippen LogP contribution in [0.4, 0.5) is 9.18 Å². The fourth-order valence-electron chi connectivity index (χ4n) is 3.94. The van der Waals surface area contributed by atoms with E-state index in [1.807, 2.05) is 24.4 Å². The lowest BCUT2D eigenvalue weighted by atomic mass is 10.1. The fraction of sp³-hybridized carbons (Fsp3) is 0.217. The lowest BCUT2D eigenvalue weighted by molar-refractivity contribution is 0.138. The quantitative estimate of drug-likeness (QED) is 0.496. The van der Waals surface area contributed by atoms with Gasteiger partial charge in [-0.3, -0.25) is 4.98 Å². The smallest absolute Gasteiger partial charge is 0.407 e. The van der Waals surface area contributed by atoms with Crippen LogP contribution in [0.5, 0.6) is 5.88 Å². The second-order valence-electron chi connectivity index (χ2n) is 7.58. The molecule has 0 unspecified atom stereocenters.